The van der Waals surface area contributed by atoms with Crippen molar-refractivity contribution in [3.63, 3.8) is 0 Å². The van der Waals surface area contributed by atoms with Crippen LogP contribution in [0.2, 0.25) is 5.02 Å². The lowest BCUT2D eigenvalue weighted by Gasteiger charge is -2.15. The zero-order valence-corrected chi connectivity index (χ0v) is 12.2. The maximum Gasteiger partial charge on any atom is 0.129 e. The fourth-order valence-electron chi connectivity index (χ4n) is 1.90. The number of benzene rings is 2. The van der Waals surface area contributed by atoms with Crippen molar-refractivity contribution in [2.45, 2.75) is 19.6 Å². The summed E-state index contributed by atoms with van der Waals surface area (Å²) in [6, 6.07) is 12.9. The topological polar surface area (TPSA) is 38.7 Å². The quantitative estimate of drug-likeness (QED) is 0.906. The molecule has 106 valence electrons. The number of ether oxygens (including phenoxy) is 2. The van der Waals surface area contributed by atoms with Gasteiger partial charge in [-0.3, -0.25) is 0 Å². The second-order valence-corrected chi connectivity index (χ2v) is 4.93. The molecule has 0 aliphatic rings. The lowest BCUT2D eigenvalue weighted by molar-refractivity contribution is 0.190. The summed E-state index contributed by atoms with van der Waals surface area (Å²) in [5.74, 6) is 1.30. The Balaban J connectivity index is 2.19. The van der Waals surface area contributed by atoms with Crippen molar-refractivity contribution in [3.8, 4) is 11.5 Å². The van der Waals surface area contributed by atoms with Gasteiger partial charge in [-0.15, -0.1) is 0 Å². The van der Waals surface area contributed by atoms with Gasteiger partial charge < -0.3 is 14.6 Å². The van der Waals surface area contributed by atoms with E-state index in [4.69, 9.17) is 21.1 Å². The van der Waals surface area contributed by atoms with E-state index in [0.29, 0.717) is 23.1 Å². The van der Waals surface area contributed by atoms with Gasteiger partial charge in [-0.1, -0.05) is 23.7 Å². The standard InChI is InChI=1S/C16H17ClO3/c1-11(18)15-7-6-14(19-2)9-16(15)20-10-12-4-3-5-13(17)8-12/h3-9,11,18H,10H2,1-2H3/t11-/m0/s1. The fourth-order valence-corrected chi connectivity index (χ4v) is 2.11. The lowest BCUT2D eigenvalue weighted by atomic mass is 10.1. The number of halogens is 1. The van der Waals surface area contributed by atoms with Crippen LogP contribution in [0.25, 0.3) is 0 Å². The number of aliphatic hydroxyl groups is 1. The third-order valence-electron chi connectivity index (χ3n) is 2.95. The molecule has 0 aromatic heterocycles. The Labute approximate surface area is 123 Å². The summed E-state index contributed by atoms with van der Waals surface area (Å²) in [5, 5.41) is 10.4. The summed E-state index contributed by atoms with van der Waals surface area (Å²) in [6.45, 7) is 2.08. The molecule has 0 bridgehead atoms. The van der Waals surface area contributed by atoms with Gasteiger partial charge in [-0.2, -0.15) is 0 Å². The van der Waals surface area contributed by atoms with Crippen molar-refractivity contribution >= 4 is 11.6 Å². The molecule has 0 radical (unpaired) electrons. The predicted octanol–water partition coefficient (Wildman–Crippen LogP) is 3.98. The molecule has 1 N–H and O–H groups in total. The van der Waals surface area contributed by atoms with Crippen LogP contribution in [-0.4, -0.2) is 12.2 Å². The zero-order valence-electron chi connectivity index (χ0n) is 11.5. The Kier molecular flexibility index (Phi) is 4.88. The van der Waals surface area contributed by atoms with Crippen LogP contribution in [0.3, 0.4) is 0 Å². The molecule has 2 rings (SSSR count). The van der Waals surface area contributed by atoms with Crippen LogP contribution >= 0.6 is 11.6 Å². The molecule has 1 atom stereocenters. The average molecular weight is 293 g/mol. The highest BCUT2D eigenvalue weighted by Gasteiger charge is 2.11. The second-order valence-electron chi connectivity index (χ2n) is 4.50. The summed E-state index contributed by atoms with van der Waals surface area (Å²) < 4.78 is 11.0. The van der Waals surface area contributed by atoms with Crippen LogP contribution in [0, 0.1) is 0 Å². The first kappa shape index (κ1) is 14.7. The maximum absolute atomic E-state index is 9.77. The van der Waals surface area contributed by atoms with E-state index in [9.17, 15) is 5.11 Å². The highest BCUT2D eigenvalue weighted by atomic mass is 35.5. The van der Waals surface area contributed by atoms with Crippen molar-refractivity contribution in [2.24, 2.45) is 0 Å². The molecule has 0 saturated carbocycles. The Morgan fingerprint density at radius 1 is 1.20 bits per heavy atom. The largest absolute Gasteiger partial charge is 0.497 e. The molecule has 0 unspecified atom stereocenters. The summed E-state index contributed by atoms with van der Waals surface area (Å²) in [4.78, 5) is 0. The summed E-state index contributed by atoms with van der Waals surface area (Å²) in [7, 11) is 1.60. The first-order chi connectivity index (χ1) is 9.60. The van der Waals surface area contributed by atoms with Crippen LogP contribution in [0.4, 0.5) is 0 Å². The average Bonchev–Trinajstić information content (AvgIpc) is 2.44. The summed E-state index contributed by atoms with van der Waals surface area (Å²) in [6.07, 6.45) is -0.602. The number of rotatable bonds is 5. The molecule has 4 heteroatoms. The lowest BCUT2D eigenvalue weighted by Crippen LogP contribution is -2.01. The van der Waals surface area contributed by atoms with Crippen LogP contribution in [-0.2, 0) is 6.61 Å². The van der Waals surface area contributed by atoms with Crippen LogP contribution in [0.1, 0.15) is 24.2 Å². The zero-order chi connectivity index (χ0) is 14.5. The molecular formula is C16H17ClO3. The van der Waals surface area contributed by atoms with Crippen molar-refractivity contribution in [3.05, 3.63) is 58.6 Å². The van der Waals surface area contributed by atoms with Crippen LogP contribution in [0.15, 0.2) is 42.5 Å². The predicted molar refractivity (Wildman–Crippen MR) is 79.4 cm³/mol. The first-order valence-electron chi connectivity index (χ1n) is 6.33. The highest BCUT2D eigenvalue weighted by molar-refractivity contribution is 6.30. The van der Waals surface area contributed by atoms with Crippen molar-refractivity contribution in [2.75, 3.05) is 7.11 Å². The Hall–Kier alpha value is -1.71. The van der Waals surface area contributed by atoms with Crippen LogP contribution in [0.5, 0.6) is 11.5 Å². The Morgan fingerprint density at radius 3 is 2.65 bits per heavy atom. The minimum absolute atomic E-state index is 0.382. The van der Waals surface area contributed by atoms with Gasteiger partial charge in [0.05, 0.1) is 13.2 Å². The molecule has 2 aromatic carbocycles. The van der Waals surface area contributed by atoms with Crippen molar-refractivity contribution in [1.29, 1.82) is 0 Å². The van der Waals surface area contributed by atoms with Gasteiger partial charge in [0.15, 0.2) is 0 Å². The first-order valence-corrected chi connectivity index (χ1v) is 6.71. The molecule has 0 fully saturated rings. The fraction of sp³-hybridized carbons (Fsp3) is 0.250. The third-order valence-corrected chi connectivity index (χ3v) is 3.19. The van der Waals surface area contributed by atoms with Crippen molar-refractivity contribution in [1.82, 2.24) is 0 Å². The Morgan fingerprint density at radius 2 is 2.00 bits per heavy atom. The van der Waals surface area contributed by atoms with E-state index in [-0.39, 0.29) is 0 Å². The number of methoxy groups -OCH3 is 1. The molecule has 20 heavy (non-hydrogen) atoms. The molecule has 2 aromatic rings. The SMILES string of the molecule is COc1ccc([C@H](C)O)c(OCc2cccc(Cl)c2)c1. The van der Waals surface area contributed by atoms with Gasteiger partial charge in [0.1, 0.15) is 18.1 Å². The number of hydrogen-bond donors (Lipinski definition) is 1. The molecule has 0 spiro atoms. The summed E-state index contributed by atoms with van der Waals surface area (Å²) >= 11 is 5.94. The van der Waals surface area contributed by atoms with Crippen molar-refractivity contribution < 1.29 is 14.6 Å². The molecule has 0 heterocycles. The molecule has 3 nitrogen and oxygen atoms in total. The van der Waals surface area contributed by atoms with Gasteiger partial charge in [0.25, 0.3) is 0 Å². The highest BCUT2D eigenvalue weighted by Crippen LogP contribution is 2.30. The van der Waals surface area contributed by atoms with E-state index in [2.05, 4.69) is 0 Å². The molecule has 0 saturated heterocycles. The van der Waals surface area contributed by atoms with E-state index >= 15 is 0 Å². The van der Waals surface area contributed by atoms with E-state index in [1.165, 1.54) is 0 Å². The monoisotopic (exact) mass is 292 g/mol. The van der Waals surface area contributed by atoms with Gasteiger partial charge >= 0.3 is 0 Å². The number of hydrogen-bond acceptors (Lipinski definition) is 3. The third kappa shape index (κ3) is 3.65. The smallest absolute Gasteiger partial charge is 0.129 e. The number of aliphatic hydroxyl groups excluding tert-OH is 1. The van der Waals surface area contributed by atoms with Crippen LogP contribution < -0.4 is 9.47 Å². The maximum atomic E-state index is 9.77. The van der Waals surface area contributed by atoms with Gasteiger partial charge in [-0.25, -0.2) is 0 Å². The van der Waals surface area contributed by atoms with E-state index in [1.54, 1.807) is 32.2 Å². The molecule has 0 amide bonds. The minimum Gasteiger partial charge on any atom is -0.497 e. The Bertz CT molecular complexity index is 582. The summed E-state index contributed by atoms with van der Waals surface area (Å²) in [5.41, 5.74) is 1.70. The van der Waals surface area contributed by atoms with E-state index < -0.39 is 6.10 Å². The van der Waals surface area contributed by atoms with E-state index in [0.717, 1.165) is 11.1 Å². The molecule has 0 aliphatic carbocycles. The second kappa shape index (κ2) is 6.64. The van der Waals surface area contributed by atoms with Gasteiger partial charge in [0, 0.05) is 16.7 Å². The normalized spacial score (nSPS) is 12.0. The van der Waals surface area contributed by atoms with Gasteiger partial charge in [0.2, 0.25) is 0 Å². The van der Waals surface area contributed by atoms with E-state index in [1.807, 2.05) is 24.3 Å². The van der Waals surface area contributed by atoms with Gasteiger partial charge in [-0.05, 0) is 36.8 Å². The molecular weight excluding hydrogens is 276 g/mol. The minimum atomic E-state index is -0.602. The molecule has 0 aliphatic heterocycles.